The van der Waals surface area contributed by atoms with Gasteiger partial charge in [-0.2, -0.15) is 0 Å². The number of hydrogen-bond donors (Lipinski definition) is 0. The van der Waals surface area contributed by atoms with Gasteiger partial charge in [-0.1, -0.05) is 13.3 Å². The van der Waals surface area contributed by atoms with Gasteiger partial charge in [0.1, 0.15) is 0 Å². The highest BCUT2D eigenvalue weighted by Crippen LogP contribution is 2.72. The molecule has 5 rings (SSSR count). The van der Waals surface area contributed by atoms with Crippen molar-refractivity contribution in [3.63, 3.8) is 0 Å². The lowest BCUT2D eigenvalue weighted by atomic mass is 9.81. The van der Waals surface area contributed by atoms with Gasteiger partial charge in [0, 0.05) is 30.1 Å². The third kappa shape index (κ3) is 0.942. The van der Waals surface area contributed by atoms with Crippen LogP contribution in [0.25, 0.3) is 0 Å². The lowest BCUT2D eigenvalue weighted by Crippen LogP contribution is -2.44. The van der Waals surface area contributed by atoms with Crippen molar-refractivity contribution < 1.29 is 18.9 Å². The minimum absolute atomic E-state index is 0.0806. The Hall–Kier alpha value is -0.160. The summed E-state index contributed by atoms with van der Waals surface area (Å²) >= 11 is 0. The average Bonchev–Trinajstić information content (AvgIpc) is 2.93. The van der Waals surface area contributed by atoms with Gasteiger partial charge in [-0.05, 0) is 19.8 Å². The Morgan fingerprint density at radius 3 is 2.72 bits per heavy atom. The lowest BCUT2D eigenvalue weighted by molar-refractivity contribution is -0.408. The average molecular weight is 252 g/mol. The fraction of sp³-hybridized carbons (Fsp3) is 1.00. The van der Waals surface area contributed by atoms with Gasteiger partial charge in [-0.3, -0.25) is 0 Å². The molecule has 18 heavy (non-hydrogen) atoms. The minimum Gasteiger partial charge on any atom is -0.323 e. The standard InChI is InChI=1S/C14H20O4/c1-3-4-5-14-10-8-6-7-9(10)13(2,18-14)16-11(7)15-12(8)17-14/h7-12H,3-6H2,1-2H3/t7-,8+,9-,10-,11+,12+,13+,14-/m1/s1. The fourth-order valence-corrected chi connectivity index (χ4v) is 5.39. The van der Waals surface area contributed by atoms with E-state index >= 15 is 0 Å². The molecule has 0 aromatic carbocycles. The van der Waals surface area contributed by atoms with Crippen LogP contribution < -0.4 is 0 Å². The fourth-order valence-electron chi connectivity index (χ4n) is 5.39. The predicted octanol–water partition coefficient (Wildman–Crippen LogP) is 2.23. The van der Waals surface area contributed by atoms with Crippen LogP contribution in [-0.2, 0) is 18.9 Å². The summed E-state index contributed by atoms with van der Waals surface area (Å²) in [4.78, 5) is 0. The molecule has 0 unspecified atom stereocenters. The van der Waals surface area contributed by atoms with E-state index in [1.54, 1.807) is 0 Å². The van der Waals surface area contributed by atoms with E-state index in [1.807, 2.05) is 0 Å². The molecule has 0 aromatic heterocycles. The van der Waals surface area contributed by atoms with Crippen molar-refractivity contribution in [3.8, 4) is 0 Å². The third-order valence-electron chi connectivity index (χ3n) is 5.85. The number of hydrogen-bond acceptors (Lipinski definition) is 4. The van der Waals surface area contributed by atoms with Gasteiger partial charge >= 0.3 is 0 Å². The molecule has 0 radical (unpaired) electrons. The van der Waals surface area contributed by atoms with E-state index in [9.17, 15) is 0 Å². The molecule has 4 heteroatoms. The van der Waals surface area contributed by atoms with Crippen molar-refractivity contribution in [1.29, 1.82) is 0 Å². The summed E-state index contributed by atoms with van der Waals surface area (Å²) in [5, 5.41) is 0. The molecular weight excluding hydrogens is 232 g/mol. The third-order valence-corrected chi connectivity index (χ3v) is 5.85. The predicted molar refractivity (Wildman–Crippen MR) is 61.2 cm³/mol. The summed E-state index contributed by atoms with van der Waals surface area (Å²) in [6.07, 6.45) is 4.34. The Labute approximate surface area is 107 Å². The quantitative estimate of drug-likeness (QED) is 0.772. The zero-order valence-electron chi connectivity index (χ0n) is 10.9. The van der Waals surface area contributed by atoms with Crippen LogP contribution in [0.1, 0.15) is 39.5 Å². The van der Waals surface area contributed by atoms with Crippen LogP contribution in [0.4, 0.5) is 0 Å². The number of rotatable bonds is 3. The zero-order valence-corrected chi connectivity index (χ0v) is 10.9. The number of ether oxygens (including phenoxy) is 4. The minimum atomic E-state index is -0.464. The van der Waals surface area contributed by atoms with Crippen LogP contribution in [0.5, 0.6) is 0 Å². The van der Waals surface area contributed by atoms with Gasteiger partial charge in [0.2, 0.25) is 0 Å². The Kier molecular flexibility index (Phi) is 1.74. The molecule has 4 saturated heterocycles. The first-order chi connectivity index (χ1) is 8.67. The van der Waals surface area contributed by atoms with Crippen molar-refractivity contribution in [1.82, 2.24) is 0 Å². The SMILES string of the molecule is CCCC[C@@]12O[C@@H]3O[C@H]4O[C@@](C)(O1)[C@@H]1[C@H]4C[C@H]3[C@H]12. The molecule has 100 valence electrons. The summed E-state index contributed by atoms with van der Waals surface area (Å²) in [5.74, 6) is 1.18. The molecule has 0 N–H and O–H groups in total. The second-order valence-corrected chi connectivity index (χ2v) is 6.76. The molecule has 0 aromatic rings. The van der Waals surface area contributed by atoms with E-state index in [-0.39, 0.29) is 12.6 Å². The summed E-state index contributed by atoms with van der Waals surface area (Å²) < 4.78 is 24.7. The largest absolute Gasteiger partial charge is 0.323 e. The normalized spacial score (nSPS) is 66.3. The van der Waals surface area contributed by atoms with Gasteiger partial charge in [-0.15, -0.1) is 0 Å². The number of unbranched alkanes of at least 4 members (excludes halogenated alkanes) is 1. The van der Waals surface area contributed by atoms with Crippen LogP contribution in [-0.4, -0.2) is 24.2 Å². The maximum absolute atomic E-state index is 6.36. The molecule has 4 nitrogen and oxygen atoms in total. The lowest BCUT2D eigenvalue weighted by Gasteiger charge is -2.37. The van der Waals surface area contributed by atoms with Crippen LogP contribution in [0, 0.1) is 23.7 Å². The molecule has 2 bridgehead atoms. The van der Waals surface area contributed by atoms with Crippen molar-refractivity contribution in [2.24, 2.45) is 23.7 Å². The topological polar surface area (TPSA) is 36.9 Å². The smallest absolute Gasteiger partial charge is 0.178 e. The Bertz CT molecular complexity index is 413. The van der Waals surface area contributed by atoms with Crippen LogP contribution >= 0.6 is 0 Å². The zero-order chi connectivity index (χ0) is 12.1. The molecule has 1 aliphatic carbocycles. The van der Waals surface area contributed by atoms with Gasteiger partial charge in [0.15, 0.2) is 24.2 Å². The first kappa shape index (κ1) is 10.6. The van der Waals surface area contributed by atoms with E-state index in [1.165, 1.54) is 12.8 Å². The Balaban J connectivity index is 1.62. The van der Waals surface area contributed by atoms with Crippen LogP contribution in [0.15, 0.2) is 0 Å². The molecule has 4 heterocycles. The van der Waals surface area contributed by atoms with Crippen molar-refractivity contribution >= 4 is 0 Å². The maximum Gasteiger partial charge on any atom is 0.178 e. The summed E-state index contributed by atoms with van der Waals surface area (Å²) in [7, 11) is 0. The second kappa shape index (κ2) is 2.95. The first-order valence-electron chi connectivity index (χ1n) is 7.38. The van der Waals surface area contributed by atoms with Gasteiger partial charge in [-0.25, -0.2) is 0 Å². The molecule has 5 aliphatic rings. The highest BCUT2D eigenvalue weighted by Gasteiger charge is 2.81. The highest BCUT2D eigenvalue weighted by molar-refractivity contribution is 5.17. The van der Waals surface area contributed by atoms with Crippen molar-refractivity contribution in [2.75, 3.05) is 0 Å². The monoisotopic (exact) mass is 252 g/mol. The van der Waals surface area contributed by atoms with E-state index in [0.29, 0.717) is 23.7 Å². The van der Waals surface area contributed by atoms with E-state index in [0.717, 1.165) is 12.8 Å². The molecule has 5 fully saturated rings. The van der Waals surface area contributed by atoms with E-state index < -0.39 is 11.6 Å². The summed E-state index contributed by atoms with van der Waals surface area (Å²) in [5.41, 5.74) is 0. The molecule has 0 spiro atoms. The van der Waals surface area contributed by atoms with Crippen molar-refractivity contribution in [3.05, 3.63) is 0 Å². The molecule has 0 amide bonds. The van der Waals surface area contributed by atoms with Crippen molar-refractivity contribution in [2.45, 2.75) is 63.7 Å². The second-order valence-electron chi connectivity index (χ2n) is 6.76. The molecule has 1 saturated carbocycles. The summed E-state index contributed by atoms with van der Waals surface area (Å²) in [6, 6.07) is 0. The maximum atomic E-state index is 6.36. The first-order valence-corrected chi connectivity index (χ1v) is 7.38. The van der Waals surface area contributed by atoms with E-state index in [4.69, 9.17) is 18.9 Å². The van der Waals surface area contributed by atoms with Crippen LogP contribution in [0.2, 0.25) is 0 Å². The van der Waals surface area contributed by atoms with E-state index in [2.05, 4.69) is 13.8 Å². The Morgan fingerprint density at radius 2 is 1.89 bits per heavy atom. The molecule has 8 atom stereocenters. The highest BCUT2D eigenvalue weighted by atomic mass is 16.9. The van der Waals surface area contributed by atoms with Crippen LogP contribution in [0.3, 0.4) is 0 Å². The molecular formula is C14H20O4. The molecule has 4 aliphatic heterocycles. The summed E-state index contributed by atoms with van der Waals surface area (Å²) in [6.45, 7) is 4.30. The van der Waals surface area contributed by atoms with Gasteiger partial charge < -0.3 is 18.9 Å². The van der Waals surface area contributed by atoms with Gasteiger partial charge in [0.25, 0.3) is 0 Å². The van der Waals surface area contributed by atoms with Gasteiger partial charge in [0.05, 0.1) is 0 Å². The Morgan fingerprint density at radius 1 is 1.11 bits per heavy atom.